The monoisotopic (exact) mass is 224 g/mol. The summed E-state index contributed by atoms with van der Waals surface area (Å²) < 4.78 is 1.13. The Hall–Kier alpha value is -1.88. The summed E-state index contributed by atoms with van der Waals surface area (Å²) in [6.07, 6.45) is 0. The Morgan fingerprint density at radius 1 is 1.47 bits per heavy atom. The highest BCUT2D eigenvalue weighted by atomic mass is 35.5. The van der Waals surface area contributed by atoms with Crippen LogP contribution in [0, 0.1) is 0 Å². The van der Waals surface area contributed by atoms with Crippen LogP contribution in [0.1, 0.15) is 10.5 Å². The lowest BCUT2D eigenvalue weighted by Crippen LogP contribution is -2.18. The third-order valence-electron chi connectivity index (χ3n) is 1.86. The number of carboxylic acids is 1. The highest BCUT2D eigenvalue weighted by Crippen LogP contribution is 2.08. The molecule has 0 atom stereocenters. The van der Waals surface area contributed by atoms with Crippen LogP contribution in [0.15, 0.2) is 29.1 Å². The van der Waals surface area contributed by atoms with Crippen molar-refractivity contribution in [3.8, 4) is 0 Å². The van der Waals surface area contributed by atoms with E-state index in [1.54, 1.807) is 6.07 Å². The molecule has 6 heteroatoms. The number of pyridine rings is 1. The molecule has 2 rings (SSSR count). The number of aromatic carboxylic acids is 1. The van der Waals surface area contributed by atoms with E-state index in [2.05, 4.69) is 4.98 Å². The van der Waals surface area contributed by atoms with E-state index in [0.717, 1.165) is 10.5 Å². The van der Waals surface area contributed by atoms with Crippen LogP contribution in [0.2, 0.25) is 5.15 Å². The molecule has 0 radical (unpaired) electrons. The second-order valence-corrected chi connectivity index (χ2v) is 3.21. The summed E-state index contributed by atoms with van der Waals surface area (Å²) >= 11 is 5.77. The van der Waals surface area contributed by atoms with Gasteiger partial charge in [-0.25, -0.2) is 9.78 Å². The Balaban J connectivity index is 2.91. The van der Waals surface area contributed by atoms with Gasteiger partial charge < -0.3 is 5.11 Å². The van der Waals surface area contributed by atoms with E-state index in [9.17, 15) is 9.59 Å². The molecule has 1 N–H and O–H groups in total. The van der Waals surface area contributed by atoms with Crippen molar-refractivity contribution < 1.29 is 9.90 Å². The van der Waals surface area contributed by atoms with Gasteiger partial charge in [-0.3, -0.25) is 9.20 Å². The standard InChI is InChI=1S/C9H5ClN2O3/c10-6-2-1-3-7-11-5(9(14)15)4-8(13)12(6)7/h1-4H,(H,14,15). The maximum Gasteiger partial charge on any atom is 0.354 e. The maximum absolute atomic E-state index is 11.5. The Morgan fingerprint density at radius 2 is 2.20 bits per heavy atom. The molecular weight excluding hydrogens is 220 g/mol. The fourth-order valence-corrected chi connectivity index (χ4v) is 1.47. The number of rotatable bonds is 1. The van der Waals surface area contributed by atoms with Crippen molar-refractivity contribution in [2.75, 3.05) is 0 Å². The lowest BCUT2D eigenvalue weighted by Gasteiger charge is -2.02. The van der Waals surface area contributed by atoms with Gasteiger partial charge in [0.2, 0.25) is 0 Å². The largest absolute Gasteiger partial charge is 0.477 e. The smallest absolute Gasteiger partial charge is 0.354 e. The fraction of sp³-hybridized carbons (Fsp3) is 0. The molecule has 0 fully saturated rings. The van der Waals surface area contributed by atoms with Crippen LogP contribution in [-0.2, 0) is 0 Å². The van der Waals surface area contributed by atoms with Crippen LogP contribution in [0.5, 0.6) is 0 Å². The number of halogens is 1. The van der Waals surface area contributed by atoms with Gasteiger partial charge in [0.1, 0.15) is 10.8 Å². The molecule has 0 aromatic carbocycles. The number of carbonyl (C=O) groups is 1. The average molecular weight is 225 g/mol. The molecule has 15 heavy (non-hydrogen) atoms. The van der Waals surface area contributed by atoms with Gasteiger partial charge in [0.15, 0.2) is 5.69 Å². The first-order valence-electron chi connectivity index (χ1n) is 4.01. The number of aromatic nitrogens is 2. The van der Waals surface area contributed by atoms with Crippen molar-refractivity contribution >= 4 is 23.2 Å². The molecule has 0 amide bonds. The Kier molecular flexibility index (Phi) is 2.17. The van der Waals surface area contributed by atoms with Crippen molar-refractivity contribution in [2.24, 2.45) is 0 Å². The Bertz CT molecular complexity index is 606. The van der Waals surface area contributed by atoms with Crippen LogP contribution < -0.4 is 5.56 Å². The molecule has 0 saturated carbocycles. The SMILES string of the molecule is O=C(O)c1cc(=O)n2c(Cl)cccc2n1. The van der Waals surface area contributed by atoms with Crippen LogP contribution in [0.25, 0.3) is 5.65 Å². The zero-order valence-corrected chi connectivity index (χ0v) is 8.10. The summed E-state index contributed by atoms with van der Waals surface area (Å²) in [6.45, 7) is 0. The minimum absolute atomic E-state index is 0.196. The van der Waals surface area contributed by atoms with Gasteiger partial charge in [-0.1, -0.05) is 17.7 Å². The number of fused-ring (bicyclic) bond motifs is 1. The van der Waals surface area contributed by atoms with Crippen LogP contribution in [-0.4, -0.2) is 20.5 Å². The third-order valence-corrected chi connectivity index (χ3v) is 2.15. The van der Waals surface area contributed by atoms with E-state index < -0.39 is 11.5 Å². The normalized spacial score (nSPS) is 10.5. The molecule has 0 aliphatic rings. The van der Waals surface area contributed by atoms with E-state index in [4.69, 9.17) is 16.7 Å². The third kappa shape index (κ3) is 1.57. The first-order valence-corrected chi connectivity index (χ1v) is 4.39. The minimum Gasteiger partial charge on any atom is -0.477 e. The fourth-order valence-electron chi connectivity index (χ4n) is 1.22. The summed E-state index contributed by atoms with van der Waals surface area (Å²) in [6, 6.07) is 5.56. The van der Waals surface area contributed by atoms with Gasteiger partial charge in [-0.2, -0.15) is 0 Å². The first-order chi connectivity index (χ1) is 7.09. The predicted molar refractivity (Wildman–Crippen MR) is 53.4 cm³/mol. The number of hydrogen-bond donors (Lipinski definition) is 1. The lowest BCUT2D eigenvalue weighted by atomic mass is 10.4. The second-order valence-electron chi connectivity index (χ2n) is 2.83. The molecule has 5 nitrogen and oxygen atoms in total. The highest BCUT2D eigenvalue weighted by molar-refractivity contribution is 6.29. The number of carboxylic acid groups (broad SMARTS) is 1. The highest BCUT2D eigenvalue weighted by Gasteiger charge is 2.09. The summed E-state index contributed by atoms with van der Waals surface area (Å²) in [5.74, 6) is -1.24. The quantitative estimate of drug-likeness (QED) is 0.735. The van der Waals surface area contributed by atoms with E-state index >= 15 is 0 Å². The first kappa shape index (κ1) is 9.67. The molecule has 2 aromatic heterocycles. The van der Waals surface area contributed by atoms with Gasteiger partial charge in [0.25, 0.3) is 5.56 Å². The van der Waals surface area contributed by atoms with Crippen molar-refractivity contribution in [2.45, 2.75) is 0 Å². The molecule has 0 spiro atoms. The van der Waals surface area contributed by atoms with Gasteiger partial charge in [-0.05, 0) is 12.1 Å². The molecular formula is C9H5ClN2O3. The molecule has 0 saturated heterocycles. The molecule has 0 aliphatic heterocycles. The average Bonchev–Trinajstić information content (AvgIpc) is 2.17. The van der Waals surface area contributed by atoms with Crippen molar-refractivity contribution in [3.63, 3.8) is 0 Å². The van der Waals surface area contributed by atoms with Gasteiger partial charge in [-0.15, -0.1) is 0 Å². The number of nitrogens with zero attached hydrogens (tertiary/aromatic N) is 2. The van der Waals surface area contributed by atoms with Crippen LogP contribution >= 0.6 is 11.6 Å². The molecule has 2 aromatic rings. The lowest BCUT2D eigenvalue weighted by molar-refractivity contribution is 0.0690. The van der Waals surface area contributed by atoms with E-state index in [0.29, 0.717) is 0 Å². The van der Waals surface area contributed by atoms with E-state index in [1.807, 2.05) is 0 Å². The van der Waals surface area contributed by atoms with Crippen molar-refractivity contribution in [1.82, 2.24) is 9.38 Å². The summed E-state index contributed by atoms with van der Waals surface area (Å²) in [5.41, 5.74) is -0.585. The summed E-state index contributed by atoms with van der Waals surface area (Å²) in [4.78, 5) is 25.9. The van der Waals surface area contributed by atoms with Crippen LogP contribution in [0.3, 0.4) is 0 Å². The van der Waals surface area contributed by atoms with Gasteiger partial charge in [0.05, 0.1) is 0 Å². The minimum atomic E-state index is -1.24. The zero-order chi connectivity index (χ0) is 11.0. The molecule has 76 valence electrons. The summed E-state index contributed by atoms with van der Waals surface area (Å²) in [7, 11) is 0. The Labute approximate surface area is 88.6 Å². The topological polar surface area (TPSA) is 71.7 Å². The number of hydrogen-bond acceptors (Lipinski definition) is 3. The molecule has 2 heterocycles. The predicted octanol–water partition coefficient (Wildman–Crippen LogP) is 1.05. The van der Waals surface area contributed by atoms with Crippen molar-refractivity contribution in [3.05, 3.63) is 45.5 Å². The molecule has 0 aliphatic carbocycles. The Morgan fingerprint density at radius 3 is 2.87 bits per heavy atom. The van der Waals surface area contributed by atoms with Crippen molar-refractivity contribution in [1.29, 1.82) is 0 Å². The molecule has 0 bridgehead atoms. The van der Waals surface area contributed by atoms with E-state index in [1.165, 1.54) is 12.1 Å². The molecule has 0 unspecified atom stereocenters. The van der Waals surface area contributed by atoms with Gasteiger partial charge >= 0.3 is 5.97 Å². The summed E-state index contributed by atoms with van der Waals surface area (Å²) in [5, 5.41) is 8.89. The van der Waals surface area contributed by atoms with Gasteiger partial charge in [0, 0.05) is 6.07 Å². The van der Waals surface area contributed by atoms with Crippen LogP contribution in [0.4, 0.5) is 0 Å². The van der Waals surface area contributed by atoms with E-state index in [-0.39, 0.29) is 16.5 Å². The zero-order valence-electron chi connectivity index (χ0n) is 7.35. The second kappa shape index (κ2) is 3.36. The maximum atomic E-state index is 11.5.